The van der Waals surface area contributed by atoms with Crippen LogP contribution in [0.5, 0.6) is 0 Å². The first-order valence-corrected chi connectivity index (χ1v) is 5.39. The van der Waals surface area contributed by atoms with Crippen LogP contribution in [0.25, 0.3) is 11.0 Å². The largest absolute Gasteiger partial charge is 0.394 e. The molecule has 1 amide bonds. The van der Waals surface area contributed by atoms with Crippen molar-refractivity contribution in [2.75, 3.05) is 6.61 Å². The maximum Gasteiger partial charge on any atom is 0.268 e. The molecule has 2 aromatic heterocycles. The number of hydrogen-bond acceptors (Lipinski definition) is 3. The van der Waals surface area contributed by atoms with Crippen LogP contribution < -0.4 is 5.32 Å². The van der Waals surface area contributed by atoms with E-state index in [0.717, 1.165) is 11.0 Å². The summed E-state index contributed by atoms with van der Waals surface area (Å²) in [5, 5.41) is 11.8. The number of rotatable bonds is 3. The van der Waals surface area contributed by atoms with Crippen molar-refractivity contribution in [2.24, 2.45) is 0 Å². The second-order valence-electron chi connectivity index (χ2n) is 4.62. The summed E-state index contributed by atoms with van der Waals surface area (Å²) in [5.41, 5.74) is 1.38. The molecule has 5 nitrogen and oxygen atoms in total. The normalized spacial score (nSPS) is 11.7. The number of aliphatic hydroxyl groups is 1. The average molecular weight is 233 g/mol. The van der Waals surface area contributed by atoms with Gasteiger partial charge in [0.1, 0.15) is 5.69 Å². The van der Waals surface area contributed by atoms with Crippen molar-refractivity contribution in [2.45, 2.75) is 19.4 Å². The van der Waals surface area contributed by atoms with E-state index in [4.69, 9.17) is 5.11 Å². The van der Waals surface area contributed by atoms with Crippen molar-refractivity contribution in [3.8, 4) is 0 Å². The SMILES string of the molecule is CC(C)(CO)NC(=O)c1cc2ncccc2[nH]1. The molecule has 90 valence electrons. The van der Waals surface area contributed by atoms with Crippen molar-refractivity contribution < 1.29 is 9.90 Å². The fraction of sp³-hybridized carbons (Fsp3) is 0.333. The number of fused-ring (bicyclic) bond motifs is 1. The minimum absolute atomic E-state index is 0.114. The van der Waals surface area contributed by atoms with Crippen LogP contribution in [0, 0.1) is 0 Å². The van der Waals surface area contributed by atoms with E-state index in [0.29, 0.717) is 5.69 Å². The molecular weight excluding hydrogens is 218 g/mol. The van der Waals surface area contributed by atoms with Crippen LogP contribution in [0.3, 0.4) is 0 Å². The number of aromatic amines is 1. The Morgan fingerprint density at radius 1 is 1.59 bits per heavy atom. The summed E-state index contributed by atoms with van der Waals surface area (Å²) in [6, 6.07) is 5.35. The molecule has 5 heteroatoms. The molecule has 2 heterocycles. The zero-order valence-corrected chi connectivity index (χ0v) is 9.82. The number of carbonyl (C=O) groups is 1. The van der Waals surface area contributed by atoms with Crippen LogP contribution in [0.2, 0.25) is 0 Å². The average Bonchev–Trinajstić information content (AvgIpc) is 2.72. The Morgan fingerprint density at radius 3 is 3.00 bits per heavy atom. The Kier molecular flexibility index (Phi) is 2.85. The van der Waals surface area contributed by atoms with Gasteiger partial charge in [-0.3, -0.25) is 9.78 Å². The minimum atomic E-state index is -0.637. The molecule has 0 fully saturated rings. The third kappa shape index (κ3) is 2.45. The second-order valence-corrected chi connectivity index (χ2v) is 4.62. The highest BCUT2D eigenvalue weighted by molar-refractivity contribution is 5.97. The Morgan fingerprint density at radius 2 is 2.35 bits per heavy atom. The molecule has 0 unspecified atom stereocenters. The fourth-order valence-corrected chi connectivity index (χ4v) is 1.49. The lowest BCUT2D eigenvalue weighted by molar-refractivity contribution is 0.0865. The molecule has 0 saturated heterocycles. The van der Waals surface area contributed by atoms with Gasteiger partial charge in [-0.15, -0.1) is 0 Å². The van der Waals surface area contributed by atoms with E-state index in [2.05, 4.69) is 15.3 Å². The number of aromatic nitrogens is 2. The molecule has 0 radical (unpaired) electrons. The zero-order chi connectivity index (χ0) is 12.5. The number of pyridine rings is 1. The van der Waals surface area contributed by atoms with E-state index in [1.165, 1.54) is 0 Å². The van der Waals surface area contributed by atoms with Crippen LogP contribution in [-0.4, -0.2) is 33.1 Å². The molecular formula is C12H15N3O2. The second kappa shape index (κ2) is 4.18. The summed E-state index contributed by atoms with van der Waals surface area (Å²) < 4.78 is 0. The highest BCUT2D eigenvalue weighted by Crippen LogP contribution is 2.12. The first-order valence-electron chi connectivity index (χ1n) is 5.39. The van der Waals surface area contributed by atoms with E-state index < -0.39 is 5.54 Å². The Balaban J connectivity index is 2.25. The van der Waals surface area contributed by atoms with Crippen molar-refractivity contribution in [1.29, 1.82) is 0 Å². The van der Waals surface area contributed by atoms with Gasteiger partial charge in [0.05, 0.1) is 23.2 Å². The van der Waals surface area contributed by atoms with Gasteiger partial charge >= 0.3 is 0 Å². The molecule has 0 aromatic carbocycles. The Labute approximate surface area is 98.9 Å². The fourth-order valence-electron chi connectivity index (χ4n) is 1.49. The quantitative estimate of drug-likeness (QED) is 0.741. The smallest absolute Gasteiger partial charge is 0.268 e. The first kappa shape index (κ1) is 11.6. The van der Waals surface area contributed by atoms with Crippen molar-refractivity contribution in [3.63, 3.8) is 0 Å². The van der Waals surface area contributed by atoms with E-state index in [9.17, 15) is 4.79 Å². The molecule has 17 heavy (non-hydrogen) atoms. The van der Waals surface area contributed by atoms with E-state index >= 15 is 0 Å². The predicted octanol–water partition coefficient (Wildman–Crippen LogP) is 1.06. The third-order valence-corrected chi connectivity index (χ3v) is 2.48. The molecule has 2 rings (SSSR count). The van der Waals surface area contributed by atoms with Gasteiger partial charge in [-0.1, -0.05) is 0 Å². The van der Waals surface area contributed by atoms with Gasteiger partial charge < -0.3 is 15.4 Å². The minimum Gasteiger partial charge on any atom is -0.394 e. The molecule has 2 aromatic rings. The van der Waals surface area contributed by atoms with Crippen molar-refractivity contribution in [1.82, 2.24) is 15.3 Å². The summed E-state index contributed by atoms with van der Waals surface area (Å²) in [6.45, 7) is 3.40. The number of hydrogen-bond donors (Lipinski definition) is 3. The lowest BCUT2D eigenvalue weighted by Crippen LogP contribution is -2.46. The summed E-state index contributed by atoms with van der Waals surface area (Å²) >= 11 is 0. The molecule has 0 spiro atoms. The van der Waals surface area contributed by atoms with Gasteiger partial charge in [0.2, 0.25) is 0 Å². The summed E-state index contributed by atoms with van der Waals surface area (Å²) in [7, 11) is 0. The van der Waals surface area contributed by atoms with Crippen LogP contribution in [0.4, 0.5) is 0 Å². The maximum atomic E-state index is 11.9. The van der Waals surface area contributed by atoms with E-state index in [-0.39, 0.29) is 12.5 Å². The molecule has 0 bridgehead atoms. The summed E-state index contributed by atoms with van der Waals surface area (Å²) in [4.78, 5) is 19.0. The lowest BCUT2D eigenvalue weighted by Gasteiger charge is -2.22. The number of H-pyrrole nitrogens is 1. The highest BCUT2D eigenvalue weighted by Gasteiger charge is 2.21. The number of carbonyl (C=O) groups excluding carboxylic acids is 1. The van der Waals surface area contributed by atoms with Gasteiger partial charge in [0.25, 0.3) is 5.91 Å². The third-order valence-electron chi connectivity index (χ3n) is 2.48. The van der Waals surface area contributed by atoms with Gasteiger partial charge in [0.15, 0.2) is 0 Å². The van der Waals surface area contributed by atoms with Crippen LogP contribution >= 0.6 is 0 Å². The number of nitrogens with one attached hydrogen (secondary N) is 2. The molecule has 0 atom stereocenters. The van der Waals surface area contributed by atoms with Gasteiger partial charge in [-0.05, 0) is 32.0 Å². The summed E-state index contributed by atoms with van der Waals surface area (Å²) in [5.74, 6) is -0.248. The first-order chi connectivity index (χ1) is 8.02. The molecule has 0 saturated carbocycles. The number of nitrogens with zero attached hydrogens (tertiary/aromatic N) is 1. The summed E-state index contributed by atoms with van der Waals surface area (Å²) in [6.07, 6.45) is 1.68. The predicted molar refractivity (Wildman–Crippen MR) is 64.7 cm³/mol. The van der Waals surface area contributed by atoms with E-state index in [1.54, 1.807) is 32.2 Å². The lowest BCUT2D eigenvalue weighted by atomic mass is 10.1. The van der Waals surface area contributed by atoms with Crippen LogP contribution in [-0.2, 0) is 0 Å². The molecule has 3 N–H and O–H groups in total. The number of aliphatic hydroxyl groups excluding tert-OH is 1. The highest BCUT2D eigenvalue weighted by atomic mass is 16.3. The standard InChI is InChI=1S/C12H15N3O2/c1-12(2,7-16)15-11(17)10-6-9-8(14-10)4-3-5-13-9/h3-6,14,16H,7H2,1-2H3,(H,15,17). The van der Waals surface area contributed by atoms with Gasteiger partial charge in [-0.25, -0.2) is 0 Å². The van der Waals surface area contributed by atoms with Crippen LogP contribution in [0.1, 0.15) is 24.3 Å². The molecule has 0 aliphatic heterocycles. The number of amides is 1. The maximum absolute atomic E-state index is 11.9. The van der Waals surface area contributed by atoms with Crippen LogP contribution in [0.15, 0.2) is 24.4 Å². The van der Waals surface area contributed by atoms with Crippen molar-refractivity contribution in [3.05, 3.63) is 30.1 Å². The zero-order valence-electron chi connectivity index (χ0n) is 9.82. The molecule has 0 aliphatic carbocycles. The van der Waals surface area contributed by atoms with Crippen molar-refractivity contribution >= 4 is 16.9 Å². The Hall–Kier alpha value is -1.88. The van der Waals surface area contributed by atoms with Gasteiger partial charge in [0, 0.05) is 6.20 Å². The Bertz CT molecular complexity index is 512. The molecule has 0 aliphatic rings. The monoisotopic (exact) mass is 233 g/mol. The van der Waals surface area contributed by atoms with Gasteiger partial charge in [-0.2, -0.15) is 0 Å². The van der Waals surface area contributed by atoms with E-state index in [1.807, 2.05) is 6.07 Å². The topological polar surface area (TPSA) is 78.0 Å².